The zero-order chi connectivity index (χ0) is 21.8. The largest absolute Gasteiger partial charge is 0.204 e. The lowest BCUT2D eigenvalue weighted by molar-refractivity contribution is 0.115. The first-order valence-corrected chi connectivity index (χ1v) is 11.4. The molecule has 2 aromatic rings. The summed E-state index contributed by atoms with van der Waals surface area (Å²) in [4.78, 5) is 0. The lowest BCUT2D eigenvalue weighted by atomic mass is 9.63. The quantitative estimate of drug-likeness (QED) is 0.268. The fourth-order valence-corrected chi connectivity index (χ4v) is 5.52. The van der Waals surface area contributed by atoms with Gasteiger partial charge in [-0.3, -0.25) is 0 Å². The minimum atomic E-state index is -1.46. The second-order valence-corrected chi connectivity index (χ2v) is 9.20. The van der Waals surface area contributed by atoms with Crippen molar-refractivity contribution in [3.8, 4) is 11.8 Å². The van der Waals surface area contributed by atoms with Gasteiger partial charge in [-0.1, -0.05) is 36.5 Å². The lowest BCUT2D eigenvalue weighted by Crippen LogP contribution is -2.30. The number of benzene rings is 2. The summed E-state index contributed by atoms with van der Waals surface area (Å²) >= 11 is 0. The van der Waals surface area contributed by atoms with Crippen molar-refractivity contribution in [1.82, 2.24) is 0 Å². The topological polar surface area (TPSA) is 0 Å². The van der Waals surface area contributed by atoms with Crippen LogP contribution in [0.3, 0.4) is 0 Å². The van der Waals surface area contributed by atoms with Crippen LogP contribution in [0.25, 0.3) is 0 Å². The molecule has 2 saturated carbocycles. The Morgan fingerprint density at radius 2 is 1.48 bits per heavy atom. The van der Waals surface area contributed by atoms with Crippen LogP contribution in [0.5, 0.6) is 0 Å². The van der Waals surface area contributed by atoms with Crippen LogP contribution in [0.2, 0.25) is 0 Å². The number of halogens is 3. The summed E-state index contributed by atoms with van der Waals surface area (Å²) < 4.78 is 39.7. The van der Waals surface area contributed by atoms with Crippen LogP contribution in [0.4, 0.5) is 13.2 Å². The molecule has 3 heteroatoms. The fourth-order valence-electron chi connectivity index (χ4n) is 5.52. The van der Waals surface area contributed by atoms with Gasteiger partial charge in [-0.15, -0.1) is 6.58 Å². The summed E-state index contributed by atoms with van der Waals surface area (Å²) in [6.07, 6.45) is 12.5. The zero-order valence-electron chi connectivity index (χ0n) is 17.8. The highest BCUT2D eigenvalue weighted by Gasteiger charge is 2.35. The molecule has 31 heavy (non-hydrogen) atoms. The Morgan fingerprint density at radius 1 is 0.839 bits per heavy atom. The van der Waals surface area contributed by atoms with Crippen LogP contribution in [0.15, 0.2) is 49.1 Å². The molecule has 4 unspecified atom stereocenters. The minimum absolute atomic E-state index is 0.127. The van der Waals surface area contributed by atoms with Gasteiger partial charge in [0.2, 0.25) is 0 Å². The number of fused-ring (bicyclic) bond motifs is 1. The first kappa shape index (κ1) is 21.8. The highest BCUT2D eigenvalue weighted by molar-refractivity contribution is 5.44. The van der Waals surface area contributed by atoms with Gasteiger partial charge >= 0.3 is 0 Å². The Bertz CT molecular complexity index is 957. The summed E-state index contributed by atoms with van der Waals surface area (Å²) in [6.45, 7) is 3.86. The summed E-state index contributed by atoms with van der Waals surface area (Å²) in [7, 11) is 0. The molecule has 0 nitrogen and oxygen atoms in total. The maximum Gasteiger partial charge on any atom is 0.194 e. The summed E-state index contributed by atoms with van der Waals surface area (Å²) in [5, 5.41) is 0. The van der Waals surface area contributed by atoms with Gasteiger partial charge in [0, 0.05) is 11.1 Å². The molecule has 0 amide bonds. The first-order chi connectivity index (χ1) is 15.0. The Kier molecular flexibility index (Phi) is 6.86. The zero-order valence-corrected chi connectivity index (χ0v) is 17.8. The van der Waals surface area contributed by atoms with Crippen LogP contribution in [-0.2, 0) is 0 Å². The summed E-state index contributed by atoms with van der Waals surface area (Å²) in [5.41, 5.74) is 2.27. The number of allylic oxidation sites excluding steroid dienone is 1. The van der Waals surface area contributed by atoms with Crippen molar-refractivity contribution in [2.75, 3.05) is 0 Å². The van der Waals surface area contributed by atoms with E-state index in [4.69, 9.17) is 0 Å². The van der Waals surface area contributed by atoms with Gasteiger partial charge in [-0.2, -0.15) is 0 Å². The second kappa shape index (κ2) is 9.77. The molecule has 0 spiro atoms. The molecule has 0 saturated heterocycles. The molecule has 0 N–H and O–H groups in total. The molecule has 0 aliphatic heterocycles. The lowest BCUT2D eigenvalue weighted by Gasteiger charge is -2.42. The predicted octanol–water partition coefficient (Wildman–Crippen LogP) is 7.77. The summed E-state index contributed by atoms with van der Waals surface area (Å²) in [5.74, 6) is 4.97. The Balaban J connectivity index is 1.37. The monoisotopic (exact) mass is 422 g/mol. The van der Waals surface area contributed by atoms with E-state index >= 15 is 0 Å². The summed E-state index contributed by atoms with van der Waals surface area (Å²) in [6, 6.07) is 10.1. The van der Waals surface area contributed by atoms with Crippen LogP contribution in [0.1, 0.15) is 74.0 Å². The minimum Gasteiger partial charge on any atom is -0.204 e. The molecule has 0 radical (unpaired) electrons. The van der Waals surface area contributed by atoms with Crippen molar-refractivity contribution in [1.29, 1.82) is 0 Å². The van der Waals surface area contributed by atoms with Gasteiger partial charge in [0.05, 0.1) is 0 Å². The Morgan fingerprint density at radius 3 is 2.19 bits per heavy atom. The second-order valence-electron chi connectivity index (χ2n) is 9.20. The molecule has 2 fully saturated rings. The Labute approximate surface area is 183 Å². The highest BCUT2D eigenvalue weighted by Crippen LogP contribution is 2.48. The normalized spacial score (nSPS) is 25.3. The van der Waals surface area contributed by atoms with Crippen LogP contribution >= 0.6 is 0 Å². The van der Waals surface area contributed by atoms with E-state index in [1.54, 1.807) is 0 Å². The van der Waals surface area contributed by atoms with Gasteiger partial charge in [-0.25, -0.2) is 13.2 Å². The molecule has 0 aromatic heterocycles. The smallest absolute Gasteiger partial charge is 0.194 e. The van der Waals surface area contributed by atoms with Gasteiger partial charge in [0.25, 0.3) is 0 Å². The van der Waals surface area contributed by atoms with Gasteiger partial charge in [-0.05, 0) is 98.4 Å². The molecule has 0 bridgehead atoms. The third-order valence-electron chi connectivity index (χ3n) is 7.22. The third-order valence-corrected chi connectivity index (χ3v) is 7.22. The van der Waals surface area contributed by atoms with E-state index in [0.29, 0.717) is 5.92 Å². The molecular formula is C28H29F3. The van der Waals surface area contributed by atoms with Crippen LogP contribution < -0.4 is 0 Å². The van der Waals surface area contributed by atoms with E-state index in [-0.39, 0.29) is 5.56 Å². The maximum absolute atomic E-state index is 13.3. The molecule has 2 aliphatic rings. The molecule has 2 aromatic carbocycles. The standard InChI is InChI=1S/C28H29F3/c1-2-3-4-20-9-12-25-18-24(14-13-23(25)15-20)22-10-7-19(8-11-22)5-6-21-16-26(29)28(31)27(30)17-21/h2,7-8,10-11,16-17,20,23-25H,1,3-4,9,12-15,18H2. The Hall–Kier alpha value is -2.47. The van der Waals surface area contributed by atoms with Gasteiger partial charge < -0.3 is 0 Å². The molecule has 4 rings (SSSR count). The fraction of sp³-hybridized carbons (Fsp3) is 0.429. The van der Waals surface area contributed by atoms with Gasteiger partial charge in [0.15, 0.2) is 17.5 Å². The van der Waals surface area contributed by atoms with E-state index in [2.05, 4.69) is 30.6 Å². The molecular weight excluding hydrogens is 393 g/mol. The van der Waals surface area contributed by atoms with E-state index in [0.717, 1.165) is 41.9 Å². The molecule has 162 valence electrons. The van der Waals surface area contributed by atoms with E-state index < -0.39 is 17.5 Å². The highest BCUT2D eigenvalue weighted by atomic mass is 19.2. The van der Waals surface area contributed by atoms with Crippen molar-refractivity contribution in [3.05, 3.63) is 83.2 Å². The van der Waals surface area contributed by atoms with E-state index in [1.165, 1.54) is 50.5 Å². The van der Waals surface area contributed by atoms with Crippen LogP contribution in [0, 0.1) is 47.0 Å². The van der Waals surface area contributed by atoms with Crippen molar-refractivity contribution in [3.63, 3.8) is 0 Å². The number of hydrogen-bond acceptors (Lipinski definition) is 0. The van der Waals surface area contributed by atoms with Gasteiger partial charge in [0.1, 0.15) is 0 Å². The van der Waals surface area contributed by atoms with E-state index in [1.807, 2.05) is 18.2 Å². The molecule has 0 heterocycles. The molecule has 2 aliphatic carbocycles. The predicted molar refractivity (Wildman–Crippen MR) is 119 cm³/mol. The average Bonchev–Trinajstić information content (AvgIpc) is 2.79. The van der Waals surface area contributed by atoms with Crippen molar-refractivity contribution in [2.45, 2.75) is 57.3 Å². The van der Waals surface area contributed by atoms with E-state index in [9.17, 15) is 13.2 Å². The van der Waals surface area contributed by atoms with Crippen molar-refractivity contribution in [2.24, 2.45) is 17.8 Å². The number of rotatable bonds is 4. The average molecular weight is 423 g/mol. The third kappa shape index (κ3) is 5.24. The molecule has 4 atom stereocenters. The first-order valence-electron chi connectivity index (χ1n) is 11.4. The maximum atomic E-state index is 13.3. The van der Waals surface area contributed by atoms with Crippen molar-refractivity contribution < 1.29 is 13.2 Å². The SMILES string of the molecule is C=CCCC1CCC2CC(c3ccc(C#Cc4cc(F)c(F)c(F)c4)cc3)CCC2C1. The van der Waals surface area contributed by atoms with Crippen LogP contribution in [-0.4, -0.2) is 0 Å². The van der Waals surface area contributed by atoms with Crippen molar-refractivity contribution >= 4 is 0 Å². The number of hydrogen-bond donors (Lipinski definition) is 0.